The van der Waals surface area contributed by atoms with Crippen molar-refractivity contribution in [1.29, 1.82) is 0 Å². The van der Waals surface area contributed by atoms with Gasteiger partial charge in [-0.25, -0.2) is 4.39 Å². The van der Waals surface area contributed by atoms with Gasteiger partial charge in [0.15, 0.2) is 0 Å². The van der Waals surface area contributed by atoms with Crippen LogP contribution in [0.4, 0.5) is 4.39 Å². The van der Waals surface area contributed by atoms with Crippen LogP contribution in [0.5, 0.6) is 0 Å². The molecule has 0 unspecified atom stereocenters. The van der Waals surface area contributed by atoms with E-state index in [-0.39, 0.29) is 42.8 Å². The second-order valence-electron chi connectivity index (χ2n) is 5.84. The highest BCUT2D eigenvalue weighted by atomic mass is 19.1. The van der Waals surface area contributed by atoms with Gasteiger partial charge >= 0.3 is 0 Å². The molecule has 7 heteroatoms. The number of aryl methyl sites for hydroxylation is 1. The first-order valence-corrected chi connectivity index (χ1v) is 8.02. The minimum atomic E-state index is -0.428. The maximum absolute atomic E-state index is 13.4. The normalized spacial score (nSPS) is 17.0. The molecule has 0 bridgehead atoms. The van der Waals surface area contributed by atoms with Crippen molar-refractivity contribution in [3.05, 3.63) is 35.1 Å². The summed E-state index contributed by atoms with van der Waals surface area (Å²) in [6.45, 7) is 5.04. The van der Waals surface area contributed by atoms with E-state index in [1.807, 2.05) is 6.92 Å². The summed E-state index contributed by atoms with van der Waals surface area (Å²) < 4.78 is 13.4. The lowest BCUT2D eigenvalue weighted by Crippen LogP contribution is -2.38. The van der Waals surface area contributed by atoms with Crippen molar-refractivity contribution in [3.8, 4) is 0 Å². The number of likely N-dealkylation sites (tertiary alicyclic amines) is 1. The molecule has 1 heterocycles. The lowest BCUT2D eigenvalue weighted by Gasteiger charge is -2.13. The number of benzene rings is 1. The van der Waals surface area contributed by atoms with Gasteiger partial charge in [0.25, 0.3) is 5.91 Å². The Labute approximate surface area is 140 Å². The van der Waals surface area contributed by atoms with Crippen LogP contribution in [0.15, 0.2) is 18.2 Å². The van der Waals surface area contributed by atoms with Crippen molar-refractivity contribution in [2.24, 2.45) is 5.92 Å². The average Bonchev–Trinajstić information content (AvgIpc) is 2.94. The smallest absolute Gasteiger partial charge is 0.251 e. The fourth-order valence-corrected chi connectivity index (χ4v) is 2.60. The van der Waals surface area contributed by atoms with Crippen molar-refractivity contribution in [3.63, 3.8) is 0 Å². The fourth-order valence-electron chi connectivity index (χ4n) is 2.60. The Morgan fingerprint density at radius 2 is 2.00 bits per heavy atom. The lowest BCUT2D eigenvalue weighted by atomic mass is 10.1. The molecule has 2 rings (SSSR count). The number of halogens is 1. The SMILES string of the molecule is CCN1C[C@@H](C(=O)NCCNC(=O)c2ccc(C)c(F)c2)CC1=O. The van der Waals surface area contributed by atoms with E-state index in [0.717, 1.165) is 0 Å². The summed E-state index contributed by atoms with van der Waals surface area (Å²) in [5.41, 5.74) is 0.718. The molecule has 0 spiro atoms. The van der Waals surface area contributed by atoms with Gasteiger partial charge in [-0.1, -0.05) is 6.07 Å². The minimum Gasteiger partial charge on any atom is -0.354 e. The monoisotopic (exact) mass is 335 g/mol. The Morgan fingerprint density at radius 3 is 2.62 bits per heavy atom. The topological polar surface area (TPSA) is 78.5 Å². The molecule has 1 saturated heterocycles. The van der Waals surface area contributed by atoms with Crippen LogP contribution in [-0.2, 0) is 9.59 Å². The van der Waals surface area contributed by atoms with E-state index >= 15 is 0 Å². The molecule has 1 aromatic carbocycles. The van der Waals surface area contributed by atoms with Gasteiger partial charge in [0.05, 0.1) is 5.92 Å². The second-order valence-corrected chi connectivity index (χ2v) is 5.84. The molecule has 2 N–H and O–H groups in total. The van der Waals surface area contributed by atoms with Crippen molar-refractivity contribution in [1.82, 2.24) is 15.5 Å². The predicted octanol–water partition coefficient (Wildman–Crippen LogP) is 0.849. The van der Waals surface area contributed by atoms with Crippen LogP contribution < -0.4 is 10.6 Å². The molecule has 0 aliphatic carbocycles. The molecule has 130 valence electrons. The van der Waals surface area contributed by atoms with E-state index in [2.05, 4.69) is 10.6 Å². The molecule has 1 fully saturated rings. The van der Waals surface area contributed by atoms with E-state index in [9.17, 15) is 18.8 Å². The molecular weight excluding hydrogens is 313 g/mol. The fraction of sp³-hybridized carbons (Fsp3) is 0.471. The van der Waals surface area contributed by atoms with Crippen LogP contribution in [0.1, 0.15) is 29.3 Å². The Balaban J connectivity index is 1.72. The molecule has 0 saturated carbocycles. The largest absolute Gasteiger partial charge is 0.354 e. The van der Waals surface area contributed by atoms with Gasteiger partial charge in [-0.2, -0.15) is 0 Å². The highest BCUT2D eigenvalue weighted by molar-refractivity contribution is 5.94. The summed E-state index contributed by atoms with van der Waals surface area (Å²) in [5.74, 6) is -1.35. The van der Waals surface area contributed by atoms with E-state index in [0.29, 0.717) is 18.7 Å². The zero-order valence-electron chi connectivity index (χ0n) is 13.9. The van der Waals surface area contributed by atoms with Gasteiger partial charge in [-0.3, -0.25) is 14.4 Å². The number of nitrogens with one attached hydrogen (secondary N) is 2. The molecular formula is C17H22FN3O3. The zero-order chi connectivity index (χ0) is 17.7. The highest BCUT2D eigenvalue weighted by Gasteiger charge is 2.32. The number of carbonyl (C=O) groups is 3. The van der Waals surface area contributed by atoms with Crippen molar-refractivity contribution in [2.45, 2.75) is 20.3 Å². The highest BCUT2D eigenvalue weighted by Crippen LogP contribution is 2.17. The molecule has 1 aliphatic heterocycles. The van der Waals surface area contributed by atoms with Crippen LogP contribution in [0.2, 0.25) is 0 Å². The minimum absolute atomic E-state index is 0.00708. The summed E-state index contributed by atoms with van der Waals surface area (Å²) in [6.07, 6.45) is 0.231. The summed E-state index contributed by atoms with van der Waals surface area (Å²) in [5, 5.41) is 5.33. The van der Waals surface area contributed by atoms with Crippen LogP contribution in [0.25, 0.3) is 0 Å². The molecule has 24 heavy (non-hydrogen) atoms. The quantitative estimate of drug-likeness (QED) is 0.757. The van der Waals surface area contributed by atoms with Crippen LogP contribution in [-0.4, -0.2) is 48.8 Å². The number of hydrogen-bond acceptors (Lipinski definition) is 3. The van der Waals surface area contributed by atoms with Crippen molar-refractivity contribution >= 4 is 17.7 Å². The molecule has 0 aromatic heterocycles. The summed E-state index contributed by atoms with van der Waals surface area (Å²) >= 11 is 0. The number of amides is 3. The first kappa shape index (κ1) is 17.9. The Kier molecular flexibility index (Phi) is 5.89. The predicted molar refractivity (Wildman–Crippen MR) is 86.8 cm³/mol. The maximum Gasteiger partial charge on any atom is 0.251 e. The standard InChI is InChI=1S/C17H22FN3O3/c1-3-21-10-13(9-15(21)22)17(24)20-7-6-19-16(23)12-5-4-11(2)14(18)8-12/h4-5,8,13H,3,6-7,9-10H2,1-2H3,(H,19,23)(H,20,24)/t13-/m0/s1. The molecule has 3 amide bonds. The van der Waals surface area contributed by atoms with Crippen LogP contribution in [0.3, 0.4) is 0 Å². The zero-order valence-corrected chi connectivity index (χ0v) is 13.9. The number of rotatable bonds is 6. The third-order valence-corrected chi connectivity index (χ3v) is 4.11. The van der Waals surface area contributed by atoms with Gasteiger partial charge in [-0.15, -0.1) is 0 Å². The van der Waals surface area contributed by atoms with Gasteiger partial charge in [0.2, 0.25) is 11.8 Å². The summed E-state index contributed by atoms with van der Waals surface area (Å²) in [6, 6.07) is 4.28. The van der Waals surface area contributed by atoms with Crippen molar-refractivity contribution in [2.75, 3.05) is 26.2 Å². The summed E-state index contributed by atoms with van der Waals surface area (Å²) in [7, 11) is 0. The number of nitrogens with zero attached hydrogens (tertiary/aromatic N) is 1. The maximum atomic E-state index is 13.4. The van der Waals surface area contributed by atoms with E-state index in [1.165, 1.54) is 6.07 Å². The van der Waals surface area contributed by atoms with Crippen molar-refractivity contribution < 1.29 is 18.8 Å². The third kappa shape index (κ3) is 4.31. The van der Waals surface area contributed by atoms with Gasteiger partial charge < -0.3 is 15.5 Å². The molecule has 6 nitrogen and oxygen atoms in total. The Morgan fingerprint density at radius 1 is 1.29 bits per heavy atom. The van der Waals surface area contributed by atoms with E-state index in [4.69, 9.17) is 0 Å². The van der Waals surface area contributed by atoms with Crippen LogP contribution >= 0.6 is 0 Å². The third-order valence-electron chi connectivity index (χ3n) is 4.11. The average molecular weight is 335 g/mol. The first-order chi connectivity index (χ1) is 11.4. The summed E-state index contributed by atoms with van der Waals surface area (Å²) in [4.78, 5) is 37.1. The van der Waals surface area contributed by atoms with Crippen LogP contribution in [0, 0.1) is 18.7 Å². The molecule has 1 aromatic rings. The molecule has 0 radical (unpaired) electrons. The second kappa shape index (κ2) is 7.90. The van der Waals surface area contributed by atoms with Gasteiger partial charge in [0.1, 0.15) is 5.82 Å². The molecule has 1 atom stereocenters. The van der Waals surface area contributed by atoms with Gasteiger partial charge in [-0.05, 0) is 31.5 Å². The number of carbonyl (C=O) groups excluding carboxylic acids is 3. The van der Waals surface area contributed by atoms with Gasteiger partial charge in [0, 0.05) is 38.2 Å². The number of hydrogen-bond donors (Lipinski definition) is 2. The Hall–Kier alpha value is -2.44. The molecule has 1 aliphatic rings. The van der Waals surface area contributed by atoms with E-state index in [1.54, 1.807) is 24.0 Å². The first-order valence-electron chi connectivity index (χ1n) is 8.02. The van der Waals surface area contributed by atoms with E-state index < -0.39 is 11.7 Å². The lowest BCUT2D eigenvalue weighted by molar-refractivity contribution is -0.128. The Bertz CT molecular complexity index is 648.